The number of carbonyl (C=O) groups is 1. The molecular weight excluding hydrogens is 414 g/mol. The van der Waals surface area contributed by atoms with Gasteiger partial charge in [0.15, 0.2) is 5.16 Å². The maximum absolute atomic E-state index is 11.5. The molecule has 0 saturated heterocycles. The summed E-state index contributed by atoms with van der Waals surface area (Å²) >= 11 is 3.19. The van der Waals surface area contributed by atoms with E-state index in [1.54, 1.807) is 23.9 Å². The van der Waals surface area contributed by atoms with Crippen molar-refractivity contribution in [3.63, 3.8) is 0 Å². The van der Waals surface area contributed by atoms with Crippen molar-refractivity contribution in [2.24, 2.45) is 0 Å². The summed E-state index contributed by atoms with van der Waals surface area (Å²) in [7, 11) is 0. The second kappa shape index (κ2) is 9.65. The summed E-state index contributed by atoms with van der Waals surface area (Å²) in [6.07, 6.45) is 0. The zero-order valence-corrected chi connectivity index (χ0v) is 17.6. The molecule has 0 unspecified atom stereocenters. The van der Waals surface area contributed by atoms with E-state index in [0.29, 0.717) is 17.1 Å². The Bertz CT molecular complexity index is 1130. The number of benzene rings is 3. The van der Waals surface area contributed by atoms with Crippen LogP contribution in [0.5, 0.6) is 0 Å². The van der Waals surface area contributed by atoms with Gasteiger partial charge in [-0.05, 0) is 35.9 Å². The summed E-state index contributed by atoms with van der Waals surface area (Å²) in [4.78, 5) is 12.7. The third-order valence-corrected chi connectivity index (χ3v) is 6.42. The largest absolute Gasteiger partial charge is 0.478 e. The fourth-order valence-corrected chi connectivity index (χ4v) is 4.79. The fraction of sp³-hybridized carbons (Fsp3) is 0.0870. The van der Waals surface area contributed by atoms with E-state index in [1.165, 1.54) is 16.7 Å². The third-order valence-electron chi connectivity index (χ3n) is 4.43. The van der Waals surface area contributed by atoms with Crippen LogP contribution in [-0.2, 0) is 11.5 Å². The van der Waals surface area contributed by atoms with Gasteiger partial charge in [-0.3, -0.25) is 4.57 Å². The predicted molar refractivity (Wildman–Crippen MR) is 120 cm³/mol. The van der Waals surface area contributed by atoms with Crippen LogP contribution in [0.4, 0.5) is 0 Å². The summed E-state index contributed by atoms with van der Waals surface area (Å²) in [5, 5.41) is 19.0. The highest BCUT2D eigenvalue weighted by molar-refractivity contribution is 7.98. The second-order valence-corrected chi connectivity index (χ2v) is 8.41. The van der Waals surface area contributed by atoms with Gasteiger partial charge in [-0.15, -0.1) is 22.0 Å². The Morgan fingerprint density at radius 3 is 2.20 bits per heavy atom. The van der Waals surface area contributed by atoms with Crippen LogP contribution >= 0.6 is 23.5 Å². The van der Waals surface area contributed by atoms with Crippen molar-refractivity contribution in [1.82, 2.24) is 14.8 Å². The summed E-state index contributed by atoms with van der Waals surface area (Å²) in [5.74, 6) is 1.11. The fourth-order valence-electron chi connectivity index (χ4n) is 2.99. The van der Waals surface area contributed by atoms with E-state index in [4.69, 9.17) is 0 Å². The molecule has 3 aromatic carbocycles. The van der Waals surface area contributed by atoms with Gasteiger partial charge < -0.3 is 5.11 Å². The maximum atomic E-state index is 11.5. The quantitative estimate of drug-likeness (QED) is 0.368. The van der Waals surface area contributed by atoms with Crippen molar-refractivity contribution in [3.05, 3.63) is 102 Å². The Morgan fingerprint density at radius 1 is 0.800 bits per heavy atom. The van der Waals surface area contributed by atoms with Crippen LogP contribution in [0.25, 0.3) is 5.69 Å². The zero-order chi connectivity index (χ0) is 20.8. The number of para-hydroxylation sites is 1. The van der Waals surface area contributed by atoms with Crippen LogP contribution in [0, 0.1) is 0 Å². The Morgan fingerprint density at radius 2 is 1.47 bits per heavy atom. The minimum absolute atomic E-state index is 0.315. The van der Waals surface area contributed by atoms with E-state index in [2.05, 4.69) is 22.3 Å². The lowest BCUT2D eigenvalue weighted by atomic mass is 10.1. The number of nitrogens with zero attached hydrogens (tertiary/aromatic N) is 3. The Labute approximate surface area is 183 Å². The average molecular weight is 434 g/mol. The standard InChI is InChI=1S/C23H19N3O2S2/c27-22(28)20-14-8-7-9-17(20)15-30-23-25-24-21(16-29-19-12-5-2-6-13-19)26(23)18-10-3-1-4-11-18/h1-14H,15-16H2,(H,27,28). The van der Waals surface area contributed by atoms with Crippen LogP contribution in [0.2, 0.25) is 0 Å². The molecule has 4 aromatic rings. The van der Waals surface area contributed by atoms with Crippen LogP contribution in [0.3, 0.4) is 0 Å². The lowest BCUT2D eigenvalue weighted by Crippen LogP contribution is -2.03. The van der Waals surface area contributed by atoms with Gasteiger partial charge in [0, 0.05) is 16.3 Å². The first-order valence-electron chi connectivity index (χ1n) is 9.34. The molecule has 1 aromatic heterocycles. The molecule has 0 aliphatic carbocycles. The van der Waals surface area contributed by atoms with E-state index in [0.717, 1.165) is 22.2 Å². The molecule has 4 rings (SSSR count). The van der Waals surface area contributed by atoms with Gasteiger partial charge >= 0.3 is 5.97 Å². The van der Waals surface area contributed by atoms with E-state index in [1.807, 2.05) is 65.2 Å². The molecule has 0 fully saturated rings. The highest BCUT2D eigenvalue weighted by Crippen LogP contribution is 2.29. The summed E-state index contributed by atoms with van der Waals surface area (Å²) in [6.45, 7) is 0. The van der Waals surface area contributed by atoms with Crippen LogP contribution < -0.4 is 0 Å². The van der Waals surface area contributed by atoms with Crippen LogP contribution in [-0.4, -0.2) is 25.8 Å². The predicted octanol–water partition coefficient (Wildman–Crippen LogP) is 5.55. The van der Waals surface area contributed by atoms with Crippen LogP contribution in [0.1, 0.15) is 21.7 Å². The zero-order valence-electron chi connectivity index (χ0n) is 16.0. The Hall–Kier alpha value is -3.03. The average Bonchev–Trinajstić information content (AvgIpc) is 3.20. The molecule has 0 radical (unpaired) electrons. The first-order chi connectivity index (χ1) is 14.7. The minimum atomic E-state index is -0.921. The minimum Gasteiger partial charge on any atom is -0.478 e. The normalized spacial score (nSPS) is 10.8. The van der Waals surface area contributed by atoms with Gasteiger partial charge in [0.1, 0.15) is 5.82 Å². The van der Waals surface area contributed by atoms with Crippen molar-refractivity contribution in [3.8, 4) is 5.69 Å². The Balaban J connectivity index is 1.60. The number of hydrogen-bond acceptors (Lipinski definition) is 5. The number of hydrogen-bond donors (Lipinski definition) is 1. The third kappa shape index (κ3) is 4.75. The van der Waals surface area contributed by atoms with Gasteiger partial charge in [0.05, 0.1) is 11.3 Å². The molecule has 1 N–H and O–H groups in total. The topological polar surface area (TPSA) is 68.0 Å². The molecule has 0 spiro atoms. The number of thioether (sulfide) groups is 2. The number of aromatic carboxylic acids is 1. The monoisotopic (exact) mass is 433 g/mol. The number of aromatic nitrogens is 3. The molecule has 7 heteroatoms. The van der Waals surface area contributed by atoms with Crippen molar-refractivity contribution in [1.29, 1.82) is 0 Å². The van der Waals surface area contributed by atoms with Crippen LogP contribution in [0.15, 0.2) is 95.0 Å². The molecule has 30 heavy (non-hydrogen) atoms. The molecule has 0 saturated carbocycles. The van der Waals surface area contributed by atoms with E-state index in [-0.39, 0.29) is 0 Å². The molecule has 0 aliphatic heterocycles. The van der Waals surface area contributed by atoms with E-state index >= 15 is 0 Å². The summed E-state index contributed by atoms with van der Waals surface area (Å²) in [6, 6.07) is 27.2. The first kappa shape index (κ1) is 20.3. The molecule has 150 valence electrons. The molecular formula is C23H19N3O2S2. The smallest absolute Gasteiger partial charge is 0.335 e. The second-order valence-electron chi connectivity index (χ2n) is 6.42. The van der Waals surface area contributed by atoms with E-state index < -0.39 is 5.97 Å². The SMILES string of the molecule is O=C(O)c1ccccc1CSc1nnc(CSc2ccccc2)n1-c1ccccc1. The van der Waals surface area contributed by atoms with Gasteiger partial charge in [-0.25, -0.2) is 4.79 Å². The summed E-state index contributed by atoms with van der Waals surface area (Å²) < 4.78 is 2.05. The van der Waals surface area contributed by atoms with E-state index in [9.17, 15) is 9.90 Å². The number of carboxylic acid groups (broad SMARTS) is 1. The van der Waals surface area contributed by atoms with Gasteiger partial charge in [0.2, 0.25) is 0 Å². The molecule has 0 aliphatic rings. The highest BCUT2D eigenvalue weighted by atomic mass is 32.2. The molecule has 5 nitrogen and oxygen atoms in total. The number of carboxylic acids is 1. The molecule has 0 amide bonds. The number of rotatable bonds is 8. The van der Waals surface area contributed by atoms with Crippen molar-refractivity contribution in [2.45, 2.75) is 21.6 Å². The van der Waals surface area contributed by atoms with Gasteiger partial charge in [0.25, 0.3) is 0 Å². The van der Waals surface area contributed by atoms with Crippen molar-refractivity contribution < 1.29 is 9.90 Å². The molecule has 0 bridgehead atoms. The van der Waals surface area contributed by atoms with Crippen molar-refractivity contribution in [2.75, 3.05) is 0 Å². The molecule has 1 heterocycles. The van der Waals surface area contributed by atoms with Gasteiger partial charge in [-0.1, -0.05) is 66.4 Å². The molecule has 0 atom stereocenters. The Kier molecular flexibility index (Phi) is 6.51. The lowest BCUT2D eigenvalue weighted by Gasteiger charge is -2.11. The maximum Gasteiger partial charge on any atom is 0.335 e. The van der Waals surface area contributed by atoms with Crippen molar-refractivity contribution >= 4 is 29.5 Å². The summed E-state index contributed by atoms with van der Waals surface area (Å²) in [5.41, 5.74) is 2.06. The first-order valence-corrected chi connectivity index (χ1v) is 11.3. The highest BCUT2D eigenvalue weighted by Gasteiger charge is 2.16. The lowest BCUT2D eigenvalue weighted by molar-refractivity contribution is 0.0696. The van der Waals surface area contributed by atoms with Gasteiger partial charge in [-0.2, -0.15) is 0 Å².